The summed E-state index contributed by atoms with van der Waals surface area (Å²) >= 11 is 0. The fourth-order valence-corrected chi connectivity index (χ4v) is 2.62. The van der Waals surface area contributed by atoms with E-state index < -0.39 is 17.9 Å². The van der Waals surface area contributed by atoms with Crippen LogP contribution in [0.1, 0.15) is 12.5 Å². The second-order valence-electron chi connectivity index (χ2n) is 5.08. The molecule has 0 aliphatic carbocycles. The van der Waals surface area contributed by atoms with Gasteiger partial charge in [0.1, 0.15) is 11.7 Å². The molecule has 0 bridgehead atoms. The maximum absolute atomic E-state index is 12.4. The van der Waals surface area contributed by atoms with Crippen LogP contribution in [-0.2, 0) is 20.7 Å². The molecule has 114 valence electrons. The number of phenolic OH excluding ortho intramolecular Hbond substituents is 1. The average molecular weight is 293 g/mol. The van der Waals surface area contributed by atoms with Crippen molar-refractivity contribution in [2.75, 3.05) is 19.8 Å². The number of carboxylic acids is 1. The summed E-state index contributed by atoms with van der Waals surface area (Å²) in [5.41, 5.74) is 0.698. The molecule has 1 saturated heterocycles. The number of aliphatic carboxylic acids is 1. The summed E-state index contributed by atoms with van der Waals surface area (Å²) in [6.45, 7) is 2.62. The first kappa shape index (κ1) is 15.3. The first-order valence-electron chi connectivity index (χ1n) is 6.90. The predicted octanol–water partition coefficient (Wildman–Crippen LogP) is 0.883. The summed E-state index contributed by atoms with van der Waals surface area (Å²) in [7, 11) is 0. The summed E-state index contributed by atoms with van der Waals surface area (Å²) in [5.74, 6) is -1.68. The Morgan fingerprint density at radius 2 is 2.14 bits per heavy atom. The Bertz CT molecular complexity index is 531. The van der Waals surface area contributed by atoms with Crippen molar-refractivity contribution in [2.45, 2.75) is 19.4 Å². The first-order valence-corrected chi connectivity index (χ1v) is 6.90. The lowest BCUT2D eigenvalue weighted by Crippen LogP contribution is -2.47. The van der Waals surface area contributed by atoms with E-state index >= 15 is 0 Å². The zero-order valence-corrected chi connectivity index (χ0v) is 11.9. The first-order chi connectivity index (χ1) is 10.0. The Morgan fingerprint density at radius 1 is 1.38 bits per heavy atom. The van der Waals surface area contributed by atoms with Crippen molar-refractivity contribution in [1.82, 2.24) is 4.90 Å². The highest BCUT2D eigenvalue weighted by molar-refractivity contribution is 5.80. The smallest absolute Gasteiger partial charge is 0.311 e. The number of aromatic hydroxyl groups is 1. The van der Waals surface area contributed by atoms with Crippen molar-refractivity contribution >= 4 is 11.9 Å². The minimum absolute atomic E-state index is 0.107. The molecule has 1 heterocycles. The van der Waals surface area contributed by atoms with Crippen LogP contribution < -0.4 is 0 Å². The topological polar surface area (TPSA) is 87.1 Å². The van der Waals surface area contributed by atoms with Gasteiger partial charge in [-0.25, -0.2) is 0 Å². The van der Waals surface area contributed by atoms with Crippen LogP contribution in [0.15, 0.2) is 24.3 Å². The monoisotopic (exact) mass is 293 g/mol. The molecule has 2 N–H and O–H groups in total. The quantitative estimate of drug-likeness (QED) is 0.841. The highest BCUT2D eigenvalue weighted by Crippen LogP contribution is 2.21. The van der Waals surface area contributed by atoms with Gasteiger partial charge in [-0.3, -0.25) is 9.59 Å². The van der Waals surface area contributed by atoms with Gasteiger partial charge in [0, 0.05) is 6.54 Å². The molecule has 1 aliphatic heterocycles. The molecule has 6 nitrogen and oxygen atoms in total. The van der Waals surface area contributed by atoms with Gasteiger partial charge in [0.05, 0.1) is 25.7 Å². The van der Waals surface area contributed by atoms with Crippen LogP contribution in [0.3, 0.4) is 0 Å². The standard InChI is InChI=1S/C15H19NO5/c1-2-16(13-9-21-8-12(13)15(19)20)14(18)7-10-4-3-5-11(17)6-10/h3-6,12-13,17H,2,7-9H2,1H3,(H,19,20). The molecule has 1 aliphatic rings. The molecule has 1 aromatic carbocycles. The molecule has 2 rings (SSSR count). The van der Waals surface area contributed by atoms with Gasteiger partial charge in [-0.1, -0.05) is 12.1 Å². The summed E-state index contributed by atoms with van der Waals surface area (Å²) in [6, 6.07) is 6.07. The molecule has 2 atom stereocenters. The van der Waals surface area contributed by atoms with Crippen LogP contribution in [0.25, 0.3) is 0 Å². The molecule has 2 unspecified atom stereocenters. The molecular weight excluding hydrogens is 274 g/mol. The van der Waals surface area contributed by atoms with Crippen LogP contribution in [-0.4, -0.2) is 52.8 Å². The van der Waals surface area contributed by atoms with Crippen molar-refractivity contribution in [3.05, 3.63) is 29.8 Å². The SMILES string of the molecule is CCN(C(=O)Cc1cccc(O)c1)C1COCC1C(=O)O. The molecule has 6 heteroatoms. The second kappa shape index (κ2) is 6.58. The average Bonchev–Trinajstić information content (AvgIpc) is 2.89. The van der Waals surface area contributed by atoms with E-state index in [9.17, 15) is 19.8 Å². The van der Waals surface area contributed by atoms with E-state index in [1.54, 1.807) is 17.0 Å². The van der Waals surface area contributed by atoms with E-state index in [2.05, 4.69) is 0 Å². The van der Waals surface area contributed by atoms with Crippen LogP contribution >= 0.6 is 0 Å². The van der Waals surface area contributed by atoms with Gasteiger partial charge in [0.2, 0.25) is 5.91 Å². The number of ether oxygens (including phenoxy) is 1. The van der Waals surface area contributed by atoms with Crippen molar-refractivity contribution in [3.8, 4) is 5.75 Å². The summed E-state index contributed by atoms with van der Waals surface area (Å²) in [4.78, 5) is 25.2. The van der Waals surface area contributed by atoms with E-state index in [1.165, 1.54) is 12.1 Å². The molecule has 1 amide bonds. The Balaban J connectivity index is 2.10. The Morgan fingerprint density at radius 3 is 2.76 bits per heavy atom. The zero-order valence-electron chi connectivity index (χ0n) is 11.9. The lowest BCUT2D eigenvalue weighted by molar-refractivity contribution is -0.144. The number of likely N-dealkylation sites (N-methyl/N-ethyl adjacent to an activating group) is 1. The number of carbonyl (C=O) groups is 2. The van der Waals surface area contributed by atoms with Crippen molar-refractivity contribution in [3.63, 3.8) is 0 Å². The highest BCUT2D eigenvalue weighted by atomic mass is 16.5. The van der Waals surface area contributed by atoms with Crippen LogP contribution in [0.5, 0.6) is 5.75 Å². The second-order valence-corrected chi connectivity index (χ2v) is 5.08. The molecule has 1 fully saturated rings. The molecule has 0 radical (unpaired) electrons. The largest absolute Gasteiger partial charge is 0.508 e. The van der Waals surface area contributed by atoms with E-state index in [1.807, 2.05) is 6.92 Å². The third-order valence-electron chi connectivity index (χ3n) is 3.69. The van der Waals surface area contributed by atoms with E-state index in [-0.39, 0.29) is 31.3 Å². The molecule has 0 spiro atoms. The van der Waals surface area contributed by atoms with Crippen molar-refractivity contribution < 1.29 is 24.5 Å². The zero-order chi connectivity index (χ0) is 15.4. The minimum atomic E-state index is -0.943. The number of carbonyl (C=O) groups excluding carboxylic acids is 1. The van der Waals surface area contributed by atoms with Gasteiger partial charge in [-0.05, 0) is 24.6 Å². The summed E-state index contributed by atoms with van der Waals surface area (Å²) < 4.78 is 5.22. The normalized spacial score (nSPS) is 21.2. The number of phenols is 1. The fourth-order valence-electron chi connectivity index (χ4n) is 2.62. The Kier molecular flexibility index (Phi) is 4.80. The van der Waals surface area contributed by atoms with Gasteiger partial charge in [0.25, 0.3) is 0 Å². The van der Waals surface area contributed by atoms with Crippen molar-refractivity contribution in [2.24, 2.45) is 5.92 Å². The molecular formula is C15H19NO5. The van der Waals surface area contributed by atoms with Crippen LogP contribution in [0.4, 0.5) is 0 Å². The van der Waals surface area contributed by atoms with Gasteiger partial charge in [-0.2, -0.15) is 0 Å². The number of carboxylic acid groups (broad SMARTS) is 1. The van der Waals surface area contributed by atoms with Crippen LogP contribution in [0.2, 0.25) is 0 Å². The number of nitrogens with zero attached hydrogens (tertiary/aromatic N) is 1. The minimum Gasteiger partial charge on any atom is -0.508 e. The lowest BCUT2D eigenvalue weighted by atomic mass is 10.0. The third-order valence-corrected chi connectivity index (χ3v) is 3.69. The Hall–Kier alpha value is -2.08. The van der Waals surface area contributed by atoms with Crippen molar-refractivity contribution in [1.29, 1.82) is 0 Å². The van der Waals surface area contributed by atoms with Gasteiger partial charge in [0.15, 0.2) is 0 Å². The van der Waals surface area contributed by atoms with Gasteiger partial charge >= 0.3 is 5.97 Å². The van der Waals surface area contributed by atoms with E-state index in [0.717, 1.165) is 0 Å². The number of rotatable bonds is 5. The van der Waals surface area contributed by atoms with Crippen LogP contribution in [0, 0.1) is 5.92 Å². The number of benzene rings is 1. The maximum Gasteiger partial charge on any atom is 0.311 e. The number of hydrogen-bond acceptors (Lipinski definition) is 4. The Labute approximate surface area is 122 Å². The summed E-state index contributed by atoms with van der Waals surface area (Å²) in [6.07, 6.45) is 0.130. The van der Waals surface area contributed by atoms with Gasteiger partial charge < -0.3 is 19.8 Å². The number of amides is 1. The summed E-state index contributed by atoms with van der Waals surface area (Å²) in [5, 5.41) is 18.6. The molecule has 21 heavy (non-hydrogen) atoms. The molecule has 1 aromatic rings. The van der Waals surface area contributed by atoms with E-state index in [0.29, 0.717) is 12.1 Å². The predicted molar refractivity (Wildman–Crippen MR) is 74.9 cm³/mol. The number of hydrogen-bond donors (Lipinski definition) is 2. The fraction of sp³-hybridized carbons (Fsp3) is 0.467. The molecule has 0 saturated carbocycles. The lowest BCUT2D eigenvalue weighted by Gasteiger charge is -2.29. The van der Waals surface area contributed by atoms with E-state index in [4.69, 9.17) is 4.74 Å². The van der Waals surface area contributed by atoms with Gasteiger partial charge in [-0.15, -0.1) is 0 Å². The molecule has 0 aromatic heterocycles. The maximum atomic E-state index is 12.4. The third kappa shape index (κ3) is 3.52. The highest BCUT2D eigenvalue weighted by Gasteiger charge is 2.39.